The quantitative estimate of drug-likeness (QED) is 0.227. The summed E-state index contributed by atoms with van der Waals surface area (Å²) >= 11 is 0. The maximum absolute atomic E-state index is 5.56. The first kappa shape index (κ1) is 24.8. The van der Waals surface area contributed by atoms with Crippen molar-refractivity contribution in [3.05, 3.63) is 18.2 Å². The number of unbranched alkanes of at least 4 members (excludes halogenated alkanes) is 1. The molecule has 1 aromatic carbocycles. The van der Waals surface area contributed by atoms with Crippen LogP contribution in [-0.4, -0.2) is 57.3 Å². The molecule has 1 atom stereocenters. The summed E-state index contributed by atoms with van der Waals surface area (Å²) in [6.45, 7) is 8.30. The van der Waals surface area contributed by atoms with E-state index < -0.39 is 0 Å². The molecule has 1 aromatic rings. The van der Waals surface area contributed by atoms with Crippen LogP contribution < -0.4 is 20.1 Å². The number of nitrogens with zero attached hydrogens (tertiary/aromatic N) is 2. The number of benzene rings is 1. The molecule has 7 heteroatoms. The van der Waals surface area contributed by atoms with E-state index >= 15 is 0 Å². The van der Waals surface area contributed by atoms with Crippen molar-refractivity contribution in [3.8, 4) is 11.5 Å². The topological polar surface area (TPSA) is 58.1 Å². The number of methoxy groups -OCH3 is 1. The second kappa shape index (κ2) is 13.9. The Hall–Kier alpha value is -1.22. The van der Waals surface area contributed by atoms with Crippen molar-refractivity contribution in [2.24, 2.45) is 4.99 Å². The van der Waals surface area contributed by atoms with Crippen LogP contribution in [0.1, 0.15) is 46.0 Å². The number of hydrogen-bond donors (Lipinski definition) is 2. The predicted octanol–water partition coefficient (Wildman–Crippen LogP) is 4.35. The number of piperidine rings is 1. The molecule has 2 N–H and O–H groups in total. The van der Waals surface area contributed by atoms with E-state index in [0.717, 1.165) is 36.4 Å². The van der Waals surface area contributed by atoms with Gasteiger partial charge in [-0.15, -0.1) is 24.0 Å². The number of ether oxygens (including phenoxy) is 2. The van der Waals surface area contributed by atoms with E-state index in [0.29, 0.717) is 12.4 Å². The normalized spacial score (nSPS) is 17.6. The van der Waals surface area contributed by atoms with Gasteiger partial charge < -0.3 is 25.0 Å². The molecule has 2 rings (SSSR count). The zero-order chi connectivity index (χ0) is 19.5. The lowest BCUT2D eigenvalue weighted by molar-refractivity contribution is 0.158. The van der Waals surface area contributed by atoms with Gasteiger partial charge in [0, 0.05) is 31.4 Å². The molecule has 0 radical (unpaired) electrons. The summed E-state index contributed by atoms with van der Waals surface area (Å²) in [5.74, 6) is 2.24. The molecule has 1 saturated heterocycles. The van der Waals surface area contributed by atoms with Crippen molar-refractivity contribution in [2.75, 3.05) is 45.7 Å². The highest BCUT2D eigenvalue weighted by Gasteiger charge is 2.17. The highest BCUT2D eigenvalue weighted by Crippen LogP contribution is 2.30. The first-order valence-electron chi connectivity index (χ1n) is 10.2. The van der Waals surface area contributed by atoms with Crippen LogP contribution >= 0.6 is 24.0 Å². The highest BCUT2D eigenvalue weighted by molar-refractivity contribution is 14.0. The average molecular weight is 504 g/mol. The monoisotopic (exact) mass is 504 g/mol. The smallest absolute Gasteiger partial charge is 0.195 e. The fourth-order valence-electron chi connectivity index (χ4n) is 3.47. The minimum Gasteiger partial charge on any atom is -0.493 e. The molecular weight excluding hydrogens is 467 g/mol. The van der Waals surface area contributed by atoms with Crippen LogP contribution in [0.3, 0.4) is 0 Å². The van der Waals surface area contributed by atoms with Crippen LogP contribution in [-0.2, 0) is 0 Å². The number of aliphatic imine (C=N–C) groups is 1. The Labute approximate surface area is 187 Å². The average Bonchev–Trinajstić information content (AvgIpc) is 2.69. The van der Waals surface area contributed by atoms with Gasteiger partial charge in [-0.2, -0.15) is 0 Å². The molecule has 0 aromatic heterocycles. The zero-order valence-corrected chi connectivity index (χ0v) is 20.1. The van der Waals surface area contributed by atoms with E-state index in [9.17, 15) is 0 Å². The van der Waals surface area contributed by atoms with Crippen LogP contribution in [0.5, 0.6) is 11.5 Å². The molecule has 1 unspecified atom stereocenters. The van der Waals surface area contributed by atoms with E-state index in [1.54, 1.807) is 14.2 Å². The molecule has 1 heterocycles. The zero-order valence-electron chi connectivity index (χ0n) is 17.8. The van der Waals surface area contributed by atoms with Crippen LogP contribution in [0.4, 0.5) is 5.69 Å². The number of guanidine groups is 1. The Morgan fingerprint density at radius 2 is 2.07 bits per heavy atom. The van der Waals surface area contributed by atoms with E-state index in [1.807, 2.05) is 25.1 Å². The van der Waals surface area contributed by atoms with Gasteiger partial charge in [0.2, 0.25) is 0 Å². The van der Waals surface area contributed by atoms with E-state index in [-0.39, 0.29) is 24.0 Å². The number of hydrogen-bond acceptors (Lipinski definition) is 4. The lowest BCUT2D eigenvalue weighted by atomic mass is 10.0. The SMILES string of the molecule is CCOc1ccc(NC(=NC)NCCCCN2CCCCC2C)cc1OC.I. The van der Waals surface area contributed by atoms with Crippen molar-refractivity contribution < 1.29 is 9.47 Å². The number of likely N-dealkylation sites (tertiary alicyclic amines) is 1. The van der Waals surface area contributed by atoms with Gasteiger partial charge in [0.25, 0.3) is 0 Å². The first-order chi connectivity index (χ1) is 13.2. The fraction of sp³-hybridized carbons (Fsp3) is 0.667. The van der Waals surface area contributed by atoms with Gasteiger partial charge in [0.1, 0.15) is 0 Å². The van der Waals surface area contributed by atoms with Gasteiger partial charge >= 0.3 is 0 Å². The minimum atomic E-state index is 0. The fourth-order valence-corrected chi connectivity index (χ4v) is 3.47. The van der Waals surface area contributed by atoms with Crippen LogP contribution in [0.15, 0.2) is 23.2 Å². The molecule has 160 valence electrons. The van der Waals surface area contributed by atoms with Gasteiger partial charge in [-0.1, -0.05) is 6.42 Å². The summed E-state index contributed by atoms with van der Waals surface area (Å²) in [6.07, 6.45) is 6.43. The summed E-state index contributed by atoms with van der Waals surface area (Å²) in [5, 5.41) is 6.71. The Kier molecular flexibility index (Phi) is 12.3. The standard InChI is InChI=1S/C21H36N4O2.HI/c1-5-27-19-12-11-18(16-20(19)26-4)24-21(22-3)23-13-7-9-15-25-14-8-6-10-17(25)2;/h11-12,16-17H,5-10,13-15H2,1-4H3,(H2,22,23,24);1H. The maximum Gasteiger partial charge on any atom is 0.195 e. The third-order valence-corrected chi connectivity index (χ3v) is 5.05. The van der Waals surface area contributed by atoms with Crippen molar-refractivity contribution in [3.63, 3.8) is 0 Å². The minimum absolute atomic E-state index is 0. The van der Waals surface area contributed by atoms with Gasteiger partial charge in [-0.3, -0.25) is 4.99 Å². The number of rotatable bonds is 9. The molecular formula is C21H37IN4O2. The third kappa shape index (κ3) is 8.03. The molecule has 0 spiro atoms. The van der Waals surface area contributed by atoms with Crippen molar-refractivity contribution in [1.82, 2.24) is 10.2 Å². The molecule has 0 amide bonds. The van der Waals surface area contributed by atoms with Crippen molar-refractivity contribution in [2.45, 2.75) is 52.0 Å². The summed E-state index contributed by atoms with van der Waals surface area (Å²) in [6, 6.07) is 6.56. The third-order valence-electron chi connectivity index (χ3n) is 5.05. The molecule has 6 nitrogen and oxygen atoms in total. The van der Waals surface area contributed by atoms with Gasteiger partial charge in [0.15, 0.2) is 17.5 Å². The summed E-state index contributed by atoms with van der Waals surface area (Å²) in [5.41, 5.74) is 0.922. The Balaban J connectivity index is 0.00000392. The first-order valence-corrected chi connectivity index (χ1v) is 10.2. The van der Waals surface area contributed by atoms with Crippen molar-refractivity contribution in [1.29, 1.82) is 0 Å². The highest BCUT2D eigenvalue weighted by atomic mass is 127. The number of anilines is 1. The lowest BCUT2D eigenvalue weighted by Gasteiger charge is -2.33. The number of nitrogens with one attached hydrogen (secondary N) is 2. The summed E-state index contributed by atoms with van der Waals surface area (Å²) in [7, 11) is 3.44. The molecule has 0 saturated carbocycles. The van der Waals surface area contributed by atoms with E-state index in [4.69, 9.17) is 9.47 Å². The molecule has 0 bridgehead atoms. The second-order valence-electron chi connectivity index (χ2n) is 7.01. The maximum atomic E-state index is 5.56. The lowest BCUT2D eigenvalue weighted by Crippen LogP contribution is -2.38. The Morgan fingerprint density at radius 1 is 1.25 bits per heavy atom. The van der Waals surface area contributed by atoms with Crippen LogP contribution in [0.25, 0.3) is 0 Å². The van der Waals surface area contributed by atoms with Gasteiger partial charge in [-0.25, -0.2) is 0 Å². The summed E-state index contributed by atoms with van der Waals surface area (Å²) in [4.78, 5) is 6.94. The molecule has 0 aliphatic carbocycles. The Bertz CT molecular complexity index is 598. The number of halogens is 1. The van der Waals surface area contributed by atoms with Crippen molar-refractivity contribution >= 4 is 35.6 Å². The largest absolute Gasteiger partial charge is 0.493 e. The molecule has 1 fully saturated rings. The molecule has 1 aliphatic heterocycles. The second-order valence-corrected chi connectivity index (χ2v) is 7.01. The Morgan fingerprint density at radius 3 is 2.75 bits per heavy atom. The molecule has 28 heavy (non-hydrogen) atoms. The van der Waals surface area contributed by atoms with Crippen LogP contribution in [0.2, 0.25) is 0 Å². The molecule has 1 aliphatic rings. The van der Waals surface area contributed by atoms with Crippen LogP contribution in [0, 0.1) is 0 Å². The predicted molar refractivity (Wildman–Crippen MR) is 129 cm³/mol. The van der Waals surface area contributed by atoms with E-state index in [1.165, 1.54) is 38.8 Å². The van der Waals surface area contributed by atoms with E-state index in [2.05, 4.69) is 27.4 Å². The van der Waals surface area contributed by atoms with Gasteiger partial charge in [0.05, 0.1) is 13.7 Å². The van der Waals surface area contributed by atoms with Gasteiger partial charge in [-0.05, 0) is 64.8 Å². The summed E-state index contributed by atoms with van der Waals surface area (Å²) < 4.78 is 11.0.